The van der Waals surface area contributed by atoms with Gasteiger partial charge in [-0.05, 0) is 19.5 Å². The predicted molar refractivity (Wildman–Crippen MR) is 83.2 cm³/mol. The van der Waals surface area contributed by atoms with Gasteiger partial charge in [0.2, 0.25) is 0 Å². The van der Waals surface area contributed by atoms with E-state index in [0.29, 0.717) is 13.2 Å². The van der Waals surface area contributed by atoms with Crippen molar-refractivity contribution in [1.82, 2.24) is 15.3 Å². The molecule has 0 aliphatic carbocycles. The highest BCUT2D eigenvalue weighted by atomic mass is 35.5. The summed E-state index contributed by atoms with van der Waals surface area (Å²) in [5, 5.41) is 4.07. The van der Waals surface area contributed by atoms with E-state index < -0.39 is 6.09 Å². The highest BCUT2D eigenvalue weighted by Gasteiger charge is 2.26. The fourth-order valence-electron chi connectivity index (χ4n) is 1.37. The number of carbonyl (C=O) groups excluding carboxylic acids is 1. The van der Waals surface area contributed by atoms with Gasteiger partial charge in [0, 0.05) is 27.2 Å². The highest BCUT2D eigenvalue weighted by Crippen LogP contribution is 2.21. The SMILES string of the molecule is CN(C)CCOC(CNC(=O)ON(C)C)C(C)(C)C.Cl. The topological polar surface area (TPSA) is 54.0 Å². The van der Waals surface area contributed by atoms with Crippen molar-refractivity contribution in [3.8, 4) is 0 Å². The van der Waals surface area contributed by atoms with Crippen molar-refractivity contribution in [2.45, 2.75) is 26.9 Å². The molecule has 0 heterocycles. The lowest BCUT2D eigenvalue weighted by molar-refractivity contribution is -0.0607. The first-order chi connectivity index (χ1) is 8.62. The van der Waals surface area contributed by atoms with Crippen molar-refractivity contribution < 1.29 is 14.4 Å². The molecule has 0 aromatic carbocycles. The largest absolute Gasteiger partial charge is 0.426 e. The van der Waals surface area contributed by atoms with Crippen LogP contribution in [0, 0.1) is 5.41 Å². The maximum Gasteiger partial charge on any atom is 0.426 e. The zero-order valence-electron chi connectivity index (χ0n) is 13.7. The highest BCUT2D eigenvalue weighted by molar-refractivity contribution is 5.85. The number of hydroxylamine groups is 2. The first-order valence-electron chi connectivity index (χ1n) is 6.52. The first kappa shape index (κ1) is 21.7. The van der Waals surface area contributed by atoms with Crippen molar-refractivity contribution in [3.63, 3.8) is 0 Å². The Bertz CT molecular complexity index is 268. The molecule has 0 saturated carbocycles. The third-order valence-electron chi connectivity index (χ3n) is 2.52. The molecule has 0 aliphatic rings. The Hall–Kier alpha value is -0.560. The molecular formula is C13H30ClN3O3. The van der Waals surface area contributed by atoms with E-state index in [-0.39, 0.29) is 23.9 Å². The molecule has 0 aromatic rings. The summed E-state index contributed by atoms with van der Waals surface area (Å²) in [6, 6.07) is 0. The van der Waals surface area contributed by atoms with Gasteiger partial charge in [0.15, 0.2) is 0 Å². The van der Waals surface area contributed by atoms with Crippen LogP contribution in [0.2, 0.25) is 0 Å². The molecule has 0 fully saturated rings. The molecule has 1 amide bonds. The Morgan fingerprint density at radius 1 is 1.20 bits per heavy atom. The number of nitrogens with one attached hydrogen (secondary N) is 1. The van der Waals surface area contributed by atoms with E-state index in [9.17, 15) is 4.79 Å². The molecule has 1 N–H and O–H groups in total. The molecule has 122 valence electrons. The normalized spacial score (nSPS) is 13.1. The maximum absolute atomic E-state index is 11.4. The second kappa shape index (κ2) is 10.2. The minimum absolute atomic E-state index is 0. The molecule has 0 spiro atoms. The Morgan fingerprint density at radius 2 is 1.75 bits per heavy atom. The number of halogens is 1. The standard InChI is InChI=1S/C13H29N3O3.ClH/c1-13(2,3)11(18-9-8-15(4)5)10-14-12(17)19-16(6)7;/h11H,8-10H2,1-7H3,(H,14,17);1H. The van der Waals surface area contributed by atoms with E-state index in [1.54, 1.807) is 14.1 Å². The monoisotopic (exact) mass is 311 g/mol. The second-order valence-corrected chi connectivity index (χ2v) is 6.10. The van der Waals surface area contributed by atoms with Crippen LogP contribution in [-0.4, -0.2) is 70.0 Å². The summed E-state index contributed by atoms with van der Waals surface area (Å²) in [6.45, 7) is 8.20. The first-order valence-corrected chi connectivity index (χ1v) is 6.52. The number of hydrogen-bond donors (Lipinski definition) is 1. The summed E-state index contributed by atoms with van der Waals surface area (Å²) in [4.78, 5) is 18.4. The van der Waals surface area contributed by atoms with E-state index in [1.807, 2.05) is 14.1 Å². The van der Waals surface area contributed by atoms with E-state index in [1.165, 1.54) is 5.06 Å². The van der Waals surface area contributed by atoms with Crippen LogP contribution >= 0.6 is 12.4 Å². The van der Waals surface area contributed by atoms with Crippen LogP contribution in [0.4, 0.5) is 4.79 Å². The molecule has 20 heavy (non-hydrogen) atoms. The molecule has 0 saturated heterocycles. The van der Waals surface area contributed by atoms with Crippen molar-refractivity contribution in [3.05, 3.63) is 0 Å². The summed E-state index contributed by atoms with van der Waals surface area (Å²) in [5.74, 6) is 0. The van der Waals surface area contributed by atoms with Gasteiger partial charge in [-0.2, -0.15) is 0 Å². The second-order valence-electron chi connectivity index (χ2n) is 6.10. The molecule has 6 nitrogen and oxygen atoms in total. The van der Waals surface area contributed by atoms with E-state index in [4.69, 9.17) is 9.57 Å². The fraction of sp³-hybridized carbons (Fsp3) is 0.923. The van der Waals surface area contributed by atoms with Gasteiger partial charge in [-0.15, -0.1) is 17.5 Å². The Labute approximate surface area is 129 Å². The lowest BCUT2D eigenvalue weighted by Gasteiger charge is -2.31. The van der Waals surface area contributed by atoms with Crippen molar-refractivity contribution in [2.24, 2.45) is 5.41 Å². The van der Waals surface area contributed by atoms with Gasteiger partial charge in [0.25, 0.3) is 0 Å². The van der Waals surface area contributed by atoms with Crippen LogP contribution in [0.5, 0.6) is 0 Å². The summed E-state index contributed by atoms with van der Waals surface area (Å²) in [6.07, 6.45) is -0.516. The van der Waals surface area contributed by atoms with Crippen molar-refractivity contribution in [2.75, 3.05) is 47.9 Å². The average Bonchev–Trinajstić information content (AvgIpc) is 2.19. The third kappa shape index (κ3) is 11.3. The Morgan fingerprint density at radius 3 is 2.15 bits per heavy atom. The summed E-state index contributed by atoms with van der Waals surface area (Å²) in [5.41, 5.74) is -0.0439. The minimum Gasteiger partial charge on any atom is -0.375 e. The molecule has 0 rings (SSSR count). The van der Waals surface area contributed by atoms with Crippen LogP contribution < -0.4 is 5.32 Å². The van der Waals surface area contributed by atoms with Gasteiger partial charge in [-0.3, -0.25) is 0 Å². The van der Waals surface area contributed by atoms with E-state index in [0.717, 1.165) is 6.54 Å². The number of likely N-dealkylation sites (N-methyl/N-ethyl adjacent to an activating group) is 1. The Balaban J connectivity index is 0. The molecule has 1 unspecified atom stereocenters. The van der Waals surface area contributed by atoms with Crippen LogP contribution in [0.25, 0.3) is 0 Å². The summed E-state index contributed by atoms with van der Waals surface area (Å²) < 4.78 is 5.85. The number of hydrogen-bond acceptors (Lipinski definition) is 5. The van der Waals surface area contributed by atoms with Crippen LogP contribution in [0.1, 0.15) is 20.8 Å². The molecule has 0 aliphatic heterocycles. The fourth-order valence-corrected chi connectivity index (χ4v) is 1.37. The van der Waals surface area contributed by atoms with Crippen LogP contribution in [0.15, 0.2) is 0 Å². The van der Waals surface area contributed by atoms with Gasteiger partial charge in [-0.1, -0.05) is 20.8 Å². The summed E-state index contributed by atoms with van der Waals surface area (Å²) >= 11 is 0. The molecule has 7 heteroatoms. The van der Waals surface area contributed by atoms with E-state index >= 15 is 0 Å². The molecule has 0 radical (unpaired) electrons. The van der Waals surface area contributed by atoms with Gasteiger partial charge < -0.3 is 19.8 Å². The number of nitrogens with zero attached hydrogens (tertiary/aromatic N) is 2. The minimum atomic E-state index is -0.463. The molecule has 1 atom stereocenters. The van der Waals surface area contributed by atoms with Crippen molar-refractivity contribution >= 4 is 18.5 Å². The van der Waals surface area contributed by atoms with Gasteiger partial charge in [0.05, 0.1) is 12.7 Å². The van der Waals surface area contributed by atoms with Gasteiger partial charge in [0.1, 0.15) is 0 Å². The zero-order chi connectivity index (χ0) is 15.1. The third-order valence-corrected chi connectivity index (χ3v) is 2.52. The average molecular weight is 312 g/mol. The summed E-state index contributed by atoms with van der Waals surface area (Å²) in [7, 11) is 7.33. The molecule has 0 aromatic heterocycles. The maximum atomic E-state index is 11.4. The van der Waals surface area contributed by atoms with Gasteiger partial charge in [-0.25, -0.2) is 4.79 Å². The number of carbonyl (C=O) groups is 1. The lowest BCUT2D eigenvalue weighted by atomic mass is 9.89. The van der Waals surface area contributed by atoms with E-state index in [2.05, 4.69) is 31.0 Å². The Kier molecular flexibility index (Phi) is 11.1. The van der Waals surface area contributed by atoms with Crippen LogP contribution in [0.3, 0.4) is 0 Å². The number of amides is 1. The quantitative estimate of drug-likeness (QED) is 0.724. The van der Waals surface area contributed by atoms with Crippen LogP contribution in [-0.2, 0) is 9.57 Å². The predicted octanol–water partition coefficient (Wildman–Crippen LogP) is 1.60. The molecular weight excluding hydrogens is 282 g/mol. The number of ether oxygens (including phenoxy) is 1. The smallest absolute Gasteiger partial charge is 0.375 e. The lowest BCUT2D eigenvalue weighted by Crippen LogP contribution is -2.43. The number of rotatable bonds is 7. The van der Waals surface area contributed by atoms with Crippen molar-refractivity contribution in [1.29, 1.82) is 0 Å². The zero-order valence-corrected chi connectivity index (χ0v) is 14.5. The molecule has 0 bridgehead atoms. The van der Waals surface area contributed by atoms with Gasteiger partial charge >= 0.3 is 6.09 Å².